The number of aliphatic hydroxyl groups excluding tert-OH is 2. The fraction of sp³-hybridized carbons (Fsp3) is 0.188. The third-order valence-electron chi connectivity index (χ3n) is 4.43. The van der Waals surface area contributed by atoms with Crippen molar-refractivity contribution in [3.8, 4) is 0 Å². The molecule has 0 heterocycles. The minimum absolute atomic E-state index is 0. The van der Waals surface area contributed by atoms with Crippen LogP contribution in [0.2, 0.25) is 0 Å². The topological polar surface area (TPSA) is 122 Å². The molecule has 4 N–H and O–H groups in total. The molecular formula is C32H38N2O6Ti. The molecule has 2 amide bonds. The van der Waals surface area contributed by atoms with Crippen molar-refractivity contribution in [2.24, 2.45) is 0 Å². The van der Waals surface area contributed by atoms with E-state index in [9.17, 15) is 20.0 Å². The first-order valence-corrected chi connectivity index (χ1v) is 12.7. The van der Waals surface area contributed by atoms with Gasteiger partial charge in [-0.25, -0.2) is 0 Å². The van der Waals surface area contributed by atoms with Gasteiger partial charge in [0.15, 0.2) is 0 Å². The van der Waals surface area contributed by atoms with E-state index in [1.165, 1.54) is 0 Å². The van der Waals surface area contributed by atoms with Crippen molar-refractivity contribution in [2.75, 3.05) is 10.1 Å². The average Bonchev–Trinajstić information content (AvgIpc) is 2.97. The van der Waals surface area contributed by atoms with Crippen LogP contribution in [0.3, 0.4) is 0 Å². The first kappa shape index (κ1) is 37.4. The number of rotatable bonds is 4. The number of carbonyl (C=O) groups is 2. The van der Waals surface area contributed by atoms with Gasteiger partial charge in [-0.2, -0.15) is 10.1 Å². The number of hydrogen-bond donors (Lipinski definition) is 4. The number of hydrogen-bond acceptors (Lipinski definition) is 6. The molecule has 0 spiro atoms. The van der Waals surface area contributed by atoms with Crippen molar-refractivity contribution in [2.45, 2.75) is 39.9 Å². The SMILES string of the molecule is CC(C)O.CC(C)O.O=C(c1ccccc1)N(O)c1ccccc1.O=C(c1ccccc1)N(O)c1ccccc1.[Ti]. The molecule has 0 aliphatic heterocycles. The standard InChI is InChI=1S/2C13H11NO2.2C3H8O.Ti/c2*15-13(11-7-3-1-4-8-11)14(16)12-9-5-2-6-10-12;2*1-3(2)4;/h2*1-10,16H;2*3-4H,1-2H3;. The third kappa shape index (κ3) is 15.7. The van der Waals surface area contributed by atoms with Crippen LogP contribution >= 0.6 is 0 Å². The zero-order valence-electron chi connectivity index (χ0n) is 23.7. The molecule has 4 rings (SSSR count). The van der Waals surface area contributed by atoms with Crippen LogP contribution in [0, 0.1) is 0 Å². The van der Waals surface area contributed by atoms with Crippen LogP contribution in [-0.2, 0) is 21.7 Å². The molecule has 4 aromatic carbocycles. The van der Waals surface area contributed by atoms with Gasteiger partial charge in [0.2, 0.25) is 0 Å². The van der Waals surface area contributed by atoms with Gasteiger partial charge in [-0.15, -0.1) is 0 Å². The van der Waals surface area contributed by atoms with E-state index in [0.717, 1.165) is 0 Å². The predicted molar refractivity (Wildman–Crippen MR) is 158 cm³/mol. The molecule has 0 radical (unpaired) electrons. The van der Waals surface area contributed by atoms with Crippen molar-refractivity contribution >= 4 is 23.2 Å². The number of para-hydroxylation sites is 2. The Labute approximate surface area is 256 Å². The smallest absolute Gasteiger partial charge is 0.281 e. The van der Waals surface area contributed by atoms with E-state index >= 15 is 0 Å². The number of aliphatic hydroxyl groups is 2. The van der Waals surface area contributed by atoms with Crippen LogP contribution in [0.1, 0.15) is 48.4 Å². The van der Waals surface area contributed by atoms with Gasteiger partial charge in [-0.05, 0) is 76.2 Å². The summed E-state index contributed by atoms with van der Waals surface area (Å²) < 4.78 is 0. The Kier molecular flexibility index (Phi) is 19.3. The van der Waals surface area contributed by atoms with Crippen molar-refractivity contribution in [1.29, 1.82) is 0 Å². The Morgan fingerprint density at radius 3 is 0.902 bits per heavy atom. The number of hydroxylamine groups is 2. The second kappa shape index (κ2) is 21.2. The van der Waals surface area contributed by atoms with Crippen LogP contribution in [-0.4, -0.2) is 44.6 Å². The zero-order valence-corrected chi connectivity index (χ0v) is 25.3. The molecule has 0 saturated carbocycles. The maximum atomic E-state index is 11.8. The maximum Gasteiger partial charge on any atom is 0.281 e. The molecule has 216 valence electrons. The Morgan fingerprint density at radius 1 is 0.488 bits per heavy atom. The molecule has 8 nitrogen and oxygen atoms in total. The molecule has 0 unspecified atom stereocenters. The molecule has 41 heavy (non-hydrogen) atoms. The van der Waals surface area contributed by atoms with Crippen molar-refractivity contribution in [3.63, 3.8) is 0 Å². The van der Waals surface area contributed by atoms with Gasteiger partial charge in [-0.1, -0.05) is 72.8 Å². The summed E-state index contributed by atoms with van der Waals surface area (Å²) in [6.45, 7) is 6.89. The third-order valence-corrected chi connectivity index (χ3v) is 4.43. The summed E-state index contributed by atoms with van der Waals surface area (Å²) in [4.78, 5) is 23.6. The van der Waals surface area contributed by atoms with E-state index in [-0.39, 0.29) is 33.9 Å². The fourth-order valence-corrected chi connectivity index (χ4v) is 2.78. The summed E-state index contributed by atoms with van der Waals surface area (Å²) in [5.41, 5.74) is 1.82. The van der Waals surface area contributed by atoms with Crippen LogP contribution in [0.4, 0.5) is 11.4 Å². The van der Waals surface area contributed by atoms with Gasteiger partial charge in [0.1, 0.15) is 0 Å². The van der Waals surface area contributed by atoms with E-state index in [1.54, 1.807) is 125 Å². The van der Waals surface area contributed by atoms with Gasteiger partial charge in [-0.3, -0.25) is 20.0 Å². The Morgan fingerprint density at radius 2 is 0.683 bits per heavy atom. The number of benzene rings is 4. The number of carbonyl (C=O) groups excluding carboxylic acids is 2. The van der Waals surface area contributed by atoms with E-state index in [0.29, 0.717) is 32.6 Å². The van der Waals surface area contributed by atoms with E-state index in [4.69, 9.17) is 10.2 Å². The molecule has 4 aromatic rings. The first-order chi connectivity index (χ1) is 19.0. The monoisotopic (exact) mass is 594 g/mol. The second-order valence-electron chi connectivity index (χ2n) is 8.82. The van der Waals surface area contributed by atoms with Crippen molar-refractivity contribution in [3.05, 3.63) is 132 Å². The number of nitrogens with zero attached hydrogens (tertiary/aromatic N) is 2. The predicted octanol–water partition coefficient (Wildman–Crippen LogP) is 6.22. The van der Waals surface area contributed by atoms with Gasteiger partial charge in [0.05, 0.1) is 11.4 Å². The summed E-state index contributed by atoms with van der Waals surface area (Å²) in [6, 6.07) is 34.7. The van der Waals surface area contributed by atoms with Gasteiger partial charge in [0, 0.05) is 45.1 Å². The average molecular weight is 595 g/mol. The van der Waals surface area contributed by atoms with E-state index in [2.05, 4.69) is 0 Å². The molecule has 0 atom stereocenters. The summed E-state index contributed by atoms with van der Waals surface area (Å²) in [7, 11) is 0. The maximum absolute atomic E-state index is 11.8. The van der Waals surface area contributed by atoms with Gasteiger partial charge >= 0.3 is 0 Å². The van der Waals surface area contributed by atoms with Gasteiger partial charge in [0.25, 0.3) is 11.8 Å². The molecule has 0 aliphatic rings. The zero-order chi connectivity index (χ0) is 29.9. The largest absolute Gasteiger partial charge is 0.394 e. The van der Waals surface area contributed by atoms with Crippen LogP contribution in [0.5, 0.6) is 0 Å². The molecule has 9 heteroatoms. The summed E-state index contributed by atoms with van der Waals surface area (Å²) >= 11 is 0. The quantitative estimate of drug-likeness (QED) is 0.127. The minimum Gasteiger partial charge on any atom is -0.394 e. The van der Waals surface area contributed by atoms with Gasteiger partial charge < -0.3 is 10.2 Å². The van der Waals surface area contributed by atoms with Crippen molar-refractivity contribution < 1.29 is 51.9 Å². The molecule has 0 aliphatic carbocycles. The summed E-state index contributed by atoms with van der Waals surface area (Å²) in [6.07, 6.45) is -0.333. The minimum atomic E-state index is -0.438. The van der Waals surface area contributed by atoms with Crippen LogP contribution in [0.25, 0.3) is 0 Å². The van der Waals surface area contributed by atoms with E-state index < -0.39 is 11.8 Å². The molecule has 0 bridgehead atoms. The number of anilines is 2. The normalized spacial score (nSPS) is 9.41. The number of amides is 2. The van der Waals surface area contributed by atoms with Crippen LogP contribution < -0.4 is 10.1 Å². The Bertz CT molecular complexity index is 1120. The molecule has 0 saturated heterocycles. The van der Waals surface area contributed by atoms with E-state index in [1.807, 2.05) is 24.3 Å². The summed E-state index contributed by atoms with van der Waals surface area (Å²) in [5, 5.41) is 36.9. The molecule has 0 fully saturated rings. The Balaban J connectivity index is 0.000000609. The molecule has 0 aromatic heterocycles. The first-order valence-electron chi connectivity index (χ1n) is 12.7. The fourth-order valence-electron chi connectivity index (χ4n) is 2.78. The molecular weight excluding hydrogens is 556 g/mol. The Hall–Kier alpha value is -3.63. The summed E-state index contributed by atoms with van der Waals surface area (Å²) in [5.74, 6) is -0.876. The van der Waals surface area contributed by atoms with Crippen molar-refractivity contribution in [1.82, 2.24) is 0 Å². The second-order valence-corrected chi connectivity index (χ2v) is 8.82. The van der Waals surface area contributed by atoms with Crippen LogP contribution in [0.15, 0.2) is 121 Å².